The number of hydrogen-bond acceptors (Lipinski definition) is 2. The number of hydrogen-bond donors (Lipinski definition) is 2. The fraction of sp³-hybridized carbons (Fsp3) is 0.875. The van der Waals surface area contributed by atoms with Crippen molar-refractivity contribution in [2.24, 2.45) is 11.3 Å². The first kappa shape index (κ1) is 17.8. The van der Waals surface area contributed by atoms with Crippen LogP contribution in [0.2, 0.25) is 0 Å². The molecule has 2 amide bonds. The van der Waals surface area contributed by atoms with Crippen molar-refractivity contribution in [2.75, 3.05) is 19.6 Å². The van der Waals surface area contributed by atoms with E-state index in [4.69, 9.17) is 0 Å². The second-order valence-electron chi connectivity index (χ2n) is 6.36. The number of carboxylic acid groups (broad SMARTS) is 1. The quantitative estimate of drug-likeness (QED) is 0.758. The number of nitrogens with zero attached hydrogens (tertiary/aromatic N) is 1. The molecule has 0 bridgehead atoms. The molecule has 0 atom stereocenters. The maximum atomic E-state index is 12.2. The molecule has 0 unspecified atom stereocenters. The Labute approximate surface area is 128 Å². The molecule has 1 saturated carbocycles. The highest BCUT2D eigenvalue weighted by Gasteiger charge is 2.41. The molecular formula is C16H30N2O3. The van der Waals surface area contributed by atoms with E-state index in [9.17, 15) is 14.7 Å². The Morgan fingerprint density at radius 2 is 1.90 bits per heavy atom. The second-order valence-corrected chi connectivity index (χ2v) is 6.36. The highest BCUT2D eigenvalue weighted by Crippen LogP contribution is 2.38. The summed E-state index contributed by atoms with van der Waals surface area (Å²) in [5.41, 5.74) is -0.771. The first-order chi connectivity index (χ1) is 9.95. The van der Waals surface area contributed by atoms with Crippen molar-refractivity contribution in [1.29, 1.82) is 0 Å². The minimum atomic E-state index is -0.772. The number of carbonyl (C=O) groups excluding carboxylic acids is 1. The third-order valence-electron chi connectivity index (χ3n) is 4.71. The van der Waals surface area contributed by atoms with Crippen LogP contribution in [0, 0.1) is 11.3 Å². The summed E-state index contributed by atoms with van der Waals surface area (Å²) >= 11 is 0. The van der Waals surface area contributed by atoms with E-state index in [0.29, 0.717) is 25.3 Å². The molecule has 2 N–H and O–H groups in total. The fourth-order valence-electron chi connectivity index (χ4n) is 2.89. The lowest BCUT2D eigenvalue weighted by Gasteiger charge is -2.36. The van der Waals surface area contributed by atoms with Gasteiger partial charge in [-0.25, -0.2) is 4.79 Å². The van der Waals surface area contributed by atoms with Gasteiger partial charge in [0.25, 0.3) is 0 Å². The van der Waals surface area contributed by atoms with Gasteiger partial charge in [0.2, 0.25) is 0 Å². The summed E-state index contributed by atoms with van der Waals surface area (Å²) in [7, 11) is 0. The number of amides is 2. The van der Waals surface area contributed by atoms with Crippen LogP contribution in [0.5, 0.6) is 0 Å². The van der Waals surface area contributed by atoms with Crippen LogP contribution in [-0.2, 0) is 4.79 Å². The summed E-state index contributed by atoms with van der Waals surface area (Å²) in [6.45, 7) is 7.84. The van der Waals surface area contributed by atoms with E-state index in [1.54, 1.807) is 4.90 Å². The van der Waals surface area contributed by atoms with Crippen molar-refractivity contribution in [3.05, 3.63) is 0 Å². The van der Waals surface area contributed by atoms with Crippen LogP contribution in [0.25, 0.3) is 0 Å². The van der Waals surface area contributed by atoms with E-state index in [1.165, 1.54) is 0 Å². The van der Waals surface area contributed by atoms with Crippen LogP contribution >= 0.6 is 0 Å². The zero-order valence-corrected chi connectivity index (χ0v) is 13.7. The highest BCUT2D eigenvalue weighted by molar-refractivity contribution is 5.78. The van der Waals surface area contributed by atoms with E-state index in [2.05, 4.69) is 19.2 Å². The van der Waals surface area contributed by atoms with Crippen molar-refractivity contribution in [1.82, 2.24) is 10.2 Å². The first-order valence-electron chi connectivity index (χ1n) is 8.21. The van der Waals surface area contributed by atoms with Crippen molar-refractivity contribution in [3.8, 4) is 0 Å². The minimum absolute atomic E-state index is 0.134. The van der Waals surface area contributed by atoms with Crippen LogP contribution in [0.3, 0.4) is 0 Å². The highest BCUT2D eigenvalue weighted by atomic mass is 16.4. The average molecular weight is 298 g/mol. The van der Waals surface area contributed by atoms with Crippen LogP contribution in [0.4, 0.5) is 4.79 Å². The van der Waals surface area contributed by atoms with Crippen LogP contribution in [0.1, 0.15) is 59.3 Å². The molecular weight excluding hydrogens is 268 g/mol. The Balaban J connectivity index is 2.57. The smallest absolute Gasteiger partial charge is 0.317 e. The molecule has 0 aromatic carbocycles. The summed E-state index contributed by atoms with van der Waals surface area (Å²) in [5.74, 6) is -0.184. The summed E-state index contributed by atoms with van der Waals surface area (Å²) < 4.78 is 0. The number of urea groups is 1. The maximum absolute atomic E-state index is 12.2. The number of nitrogens with one attached hydrogen (secondary N) is 1. The zero-order valence-electron chi connectivity index (χ0n) is 13.7. The lowest BCUT2D eigenvalue weighted by Crippen LogP contribution is -2.49. The van der Waals surface area contributed by atoms with Gasteiger partial charge in [-0.2, -0.15) is 0 Å². The number of unbranched alkanes of at least 4 members (excludes halogenated alkanes) is 1. The van der Waals surface area contributed by atoms with E-state index in [0.717, 1.165) is 32.2 Å². The standard InChI is InChI=1S/C16H30N2O3/c1-4-6-11-18(5-2)15(21)17-12-16(14(19)20)9-7-13(3)8-10-16/h13H,4-12H2,1-3H3,(H,17,21)(H,19,20). The van der Waals surface area contributed by atoms with Crippen LogP contribution in [-0.4, -0.2) is 41.6 Å². The molecule has 1 aliphatic rings. The normalized spacial score (nSPS) is 25.4. The number of carboxylic acids is 1. The van der Waals surface area contributed by atoms with Gasteiger partial charge in [-0.1, -0.05) is 20.3 Å². The van der Waals surface area contributed by atoms with E-state index < -0.39 is 11.4 Å². The Kier molecular flexibility index (Phi) is 6.99. The SMILES string of the molecule is CCCCN(CC)C(=O)NCC1(C(=O)O)CCC(C)CC1. The summed E-state index contributed by atoms with van der Waals surface area (Å²) in [6, 6.07) is -0.134. The van der Waals surface area contributed by atoms with Crippen molar-refractivity contribution in [3.63, 3.8) is 0 Å². The van der Waals surface area contributed by atoms with Crippen LogP contribution in [0.15, 0.2) is 0 Å². The molecule has 0 aromatic rings. The van der Waals surface area contributed by atoms with Crippen molar-refractivity contribution in [2.45, 2.75) is 59.3 Å². The largest absolute Gasteiger partial charge is 0.481 e. The molecule has 5 nitrogen and oxygen atoms in total. The van der Waals surface area contributed by atoms with Gasteiger partial charge < -0.3 is 15.3 Å². The second kappa shape index (κ2) is 8.25. The molecule has 0 aliphatic heterocycles. The van der Waals surface area contributed by atoms with Crippen molar-refractivity contribution >= 4 is 12.0 Å². The average Bonchev–Trinajstić information content (AvgIpc) is 2.47. The van der Waals surface area contributed by atoms with Gasteiger partial charge in [0, 0.05) is 19.6 Å². The third kappa shape index (κ3) is 4.90. The van der Waals surface area contributed by atoms with Gasteiger partial charge in [0.05, 0.1) is 5.41 Å². The van der Waals surface area contributed by atoms with E-state index in [-0.39, 0.29) is 12.6 Å². The first-order valence-corrected chi connectivity index (χ1v) is 8.21. The Morgan fingerprint density at radius 3 is 2.38 bits per heavy atom. The molecule has 0 spiro atoms. The predicted octanol–water partition coefficient (Wildman–Crippen LogP) is 3.10. The Morgan fingerprint density at radius 1 is 1.29 bits per heavy atom. The zero-order chi connectivity index (χ0) is 15.9. The summed E-state index contributed by atoms with van der Waals surface area (Å²) in [4.78, 5) is 25.6. The molecule has 0 aromatic heterocycles. The van der Waals surface area contributed by atoms with Crippen molar-refractivity contribution < 1.29 is 14.7 Å². The predicted molar refractivity (Wildman–Crippen MR) is 83.3 cm³/mol. The molecule has 1 aliphatic carbocycles. The fourth-order valence-corrected chi connectivity index (χ4v) is 2.89. The van der Waals surface area contributed by atoms with Gasteiger partial charge >= 0.3 is 12.0 Å². The van der Waals surface area contributed by atoms with E-state index in [1.807, 2.05) is 6.92 Å². The third-order valence-corrected chi connectivity index (χ3v) is 4.71. The van der Waals surface area contributed by atoms with Crippen LogP contribution < -0.4 is 5.32 Å². The van der Waals surface area contributed by atoms with Gasteiger partial charge in [-0.3, -0.25) is 4.79 Å². The number of carbonyl (C=O) groups is 2. The number of aliphatic carboxylic acids is 1. The topological polar surface area (TPSA) is 69.6 Å². The minimum Gasteiger partial charge on any atom is -0.481 e. The molecule has 0 radical (unpaired) electrons. The molecule has 1 rings (SSSR count). The lowest BCUT2D eigenvalue weighted by molar-refractivity contribution is -0.151. The molecule has 122 valence electrons. The van der Waals surface area contributed by atoms with Gasteiger partial charge in [0.15, 0.2) is 0 Å². The molecule has 0 saturated heterocycles. The maximum Gasteiger partial charge on any atom is 0.317 e. The Hall–Kier alpha value is -1.26. The van der Waals surface area contributed by atoms with Gasteiger partial charge in [-0.05, 0) is 44.9 Å². The lowest BCUT2D eigenvalue weighted by atomic mass is 9.71. The summed E-state index contributed by atoms with van der Waals surface area (Å²) in [6.07, 6.45) is 5.18. The van der Waals surface area contributed by atoms with Gasteiger partial charge in [-0.15, -0.1) is 0 Å². The summed E-state index contributed by atoms with van der Waals surface area (Å²) in [5, 5.41) is 12.4. The number of rotatable bonds is 7. The molecule has 5 heteroatoms. The molecule has 1 fully saturated rings. The van der Waals surface area contributed by atoms with Gasteiger partial charge in [0.1, 0.15) is 0 Å². The monoisotopic (exact) mass is 298 g/mol. The molecule has 0 heterocycles. The Bertz CT molecular complexity index is 349. The molecule has 21 heavy (non-hydrogen) atoms. The van der Waals surface area contributed by atoms with E-state index >= 15 is 0 Å².